The van der Waals surface area contributed by atoms with Crippen molar-refractivity contribution in [2.24, 2.45) is 0 Å². The molecule has 168 valence electrons. The SMILES string of the molecule is COC(=O)C1=C(c2ccccc2)C2=CC(C(=O)OC)(C(=O)OC)c3cc(Cl)ccc3N2C1=O. The van der Waals surface area contributed by atoms with E-state index in [-0.39, 0.29) is 33.1 Å². The minimum atomic E-state index is -2.07. The van der Waals surface area contributed by atoms with Crippen LogP contribution < -0.4 is 4.90 Å². The number of carbonyl (C=O) groups excluding carboxylic acids is 4. The first-order valence-electron chi connectivity index (χ1n) is 9.74. The average molecular weight is 468 g/mol. The number of amides is 1. The molecule has 0 saturated heterocycles. The van der Waals surface area contributed by atoms with Crippen LogP contribution in [0, 0.1) is 0 Å². The van der Waals surface area contributed by atoms with Crippen LogP contribution in [0.25, 0.3) is 5.57 Å². The highest BCUT2D eigenvalue weighted by atomic mass is 35.5. The molecule has 2 heterocycles. The van der Waals surface area contributed by atoms with Crippen molar-refractivity contribution in [2.75, 3.05) is 26.2 Å². The molecule has 33 heavy (non-hydrogen) atoms. The number of carbonyl (C=O) groups is 4. The smallest absolute Gasteiger partial charge is 0.344 e. The predicted molar refractivity (Wildman–Crippen MR) is 118 cm³/mol. The fourth-order valence-corrected chi connectivity index (χ4v) is 4.35. The highest BCUT2D eigenvalue weighted by Gasteiger charge is 2.56. The Morgan fingerprint density at radius 1 is 0.909 bits per heavy atom. The summed E-state index contributed by atoms with van der Waals surface area (Å²) in [5.74, 6) is -3.39. The van der Waals surface area contributed by atoms with E-state index in [9.17, 15) is 19.2 Å². The van der Waals surface area contributed by atoms with Crippen molar-refractivity contribution < 1.29 is 33.4 Å². The molecule has 0 aliphatic carbocycles. The lowest BCUT2D eigenvalue weighted by atomic mass is 9.75. The van der Waals surface area contributed by atoms with Crippen molar-refractivity contribution in [1.29, 1.82) is 0 Å². The van der Waals surface area contributed by atoms with E-state index in [4.69, 9.17) is 25.8 Å². The Labute approximate surface area is 194 Å². The van der Waals surface area contributed by atoms with Crippen LogP contribution >= 0.6 is 11.6 Å². The second kappa shape index (κ2) is 8.22. The van der Waals surface area contributed by atoms with Gasteiger partial charge in [0.25, 0.3) is 5.91 Å². The van der Waals surface area contributed by atoms with E-state index in [1.807, 2.05) is 0 Å². The van der Waals surface area contributed by atoms with Gasteiger partial charge in [0.2, 0.25) is 5.41 Å². The molecule has 2 aromatic rings. The lowest BCUT2D eigenvalue weighted by Gasteiger charge is -2.36. The van der Waals surface area contributed by atoms with E-state index in [1.165, 1.54) is 29.2 Å². The molecule has 1 amide bonds. The van der Waals surface area contributed by atoms with Gasteiger partial charge in [0, 0.05) is 16.2 Å². The number of allylic oxidation sites excluding steroid dienone is 1. The Morgan fingerprint density at radius 2 is 1.55 bits per heavy atom. The Morgan fingerprint density at radius 3 is 2.12 bits per heavy atom. The third-order valence-electron chi connectivity index (χ3n) is 5.61. The van der Waals surface area contributed by atoms with E-state index < -0.39 is 29.2 Å². The monoisotopic (exact) mass is 467 g/mol. The summed E-state index contributed by atoms with van der Waals surface area (Å²) in [6, 6.07) is 13.0. The zero-order chi connectivity index (χ0) is 23.9. The maximum absolute atomic E-state index is 13.5. The normalized spacial score (nSPS) is 15.9. The van der Waals surface area contributed by atoms with Crippen LogP contribution in [0.3, 0.4) is 0 Å². The quantitative estimate of drug-likeness (QED) is 0.295. The highest BCUT2D eigenvalue weighted by Crippen LogP contribution is 2.50. The number of nitrogens with zero attached hydrogens (tertiary/aromatic N) is 1. The maximum Gasteiger partial charge on any atom is 0.344 e. The summed E-state index contributed by atoms with van der Waals surface area (Å²) in [5, 5.41) is 0.221. The summed E-state index contributed by atoms with van der Waals surface area (Å²) in [6.45, 7) is 0. The molecule has 9 heteroatoms. The molecule has 8 nitrogen and oxygen atoms in total. The second-order valence-electron chi connectivity index (χ2n) is 7.23. The van der Waals surface area contributed by atoms with Crippen molar-refractivity contribution in [3.05, 3.63) is 82.0 Å². The molecule has 0 atom stereocenters. The number of methoxy groups -OCH3 is 3. The number of hydrogen-bond donors (Lipinski definition) is 0. The molecule has 0 aromatic heterocycles. The van der Waals surface area contributed by atoms with Crippen molar-refractivity contribution in [3.8, 4) is 0 Å². The van der Waals surface area contributed by atoms with Gasteiger partial charge >= 0.3 is 17.9 Å². The largest absolute Gasteiger partial charge is 0.468 e. The zero-order valence-electron chi connectivity index (χ0n) is 17.9. The molecule has 0 radical (unpaired) electrons. The molecule has 0 spiro atoms. The number of rotatable bonds is 4. The Kier molecular flexibility index (Phi) is 5.55. The molecular weight excluding hydrogens is 450 g/mol. The number of fused-ring (bicyclic) bond motifs is 3. The average Bonchev–Trinajstić information content (AvgIpc) is 3.14. The molecule has 2 aliphatic rings. The third kappa shape index (κ3) is 3.14. The van der Waals surface area contributed by atoms with Gasteiger partial charge in [-0.3, -0.25) is 19.3 Å². The summed E-state index contributed by atoms with van der Waals surface area (Å²) >= 11 is 6.19. The van der Waals surface area contributed by atoms with Gasteiger partial charge < -0.3 is 14.2 Å². The molecule has 0 N–H and O–H groups in total. The summed E-state index contributed by atoms with van der Waals surface area (Å²) in [4.78, 5) is 53.7. The van der Waals surface area contributed by atoms with Crippen LogP contribution in [0.4, 0.5) is 5.69 Å². The van der Waals surface area contributed by atoms with E-state index in [2.05, 4.69) is 0 Å². The second-order valence-corrected chi connectivity index (χ2v) is 7.67. The Bertz CT molecular complexity index is 1250. The zero-order valence-corrected chi connectivity index (χ0v) is 18.6. The number of esters is 3. The van der Waals surface area contributed by atoms with Crippen LogP contribution in [0.5, 0.6) is 0 Å². The summed E-state index contributed by atoms with van der Waals surface area (Å²) in [7, 11) is 3.43. The van der Waals surface area contributed by atoms with Gasteiger partial charge in [-0.1, -0.05) is 41.9 Å². The molecule has 2 aromatic carbocycles. The van der Waals surface area contributed by atoms with Gasteiger partial charge in [-0.05, 0) is 29.8 Å². The van der Waals surface area contributed by atoms with Crippen LogP contribution in [-0.2, 0) is 38.8 Å². The first kappa shape index (κ1) is 22.3. The third-order valence-corrected chi connectivity index (χ3v) is 5.84. The molecule has 0 fully saturated rings. The summed E-state index contributed by atoms with van der Waals surface area (Å²) in [5.41, 5.74) is -1.15. The molecule has 0 unspecified atom stereocenters. The van der Waals surface area contributed by atoms with Gasteiger partial charge in [-0.25, -0.2) is 4.79 Å². The van der Waals surface area contributed by atoms with Crippen molar-refractivity contribution in [1.82, 2.24) is 0 Å². The van der Waals surface area contributed by atoms with Crippen molar-refractivity contribution in [3.63, 3.8) is 0 Å². The van der Waals surface area contributed by atoms with E-state index >= 15 is 0 Å². The Hall–Kier alpha value is -3.91. The van der Waals surface area contributed by atoms with Crippen LogP contribution in [0.1, 0.15) is 11.1 Å². The first-order valence-corrected chi connectivity index (χ1v) is 10.1. The standard InChI is InChI=1S/C24H18ClNO7/c1-31-21(28)19-18(13-7-5-4-6-8-13)17-12-24(22(29)32-2,23(30)33-3)15-11-14(25)9-10-16(15)26(17)20(19)27/h4-12H,1-3H3. The van der Waals surface area contributed by atoms with Crippen LogP contribution in [-0.4, -0.2) is 45.1 Å². The molecule has 0 saturated carbocycles. The molecule has 2 aliphatic heterocycles. The molecule has 4 rings (SSSR count). The van der Waals surface area contributed by atoms with Crippen molar-refractivity contribution >= 4 is 46.7 Å². The predicted octanol–water partition coefficient (Wildman–Crippen LogP) is 2.79. The van der Waals surface area contributed by atoms with Gasteiger partial charge in [-0.2, -0.15) is 0 Å². The fourth-order valence-electron chi connectivity index (χ4n) is 4.18. The number of hydrogen-bond acceptors (Lipinski definition) is 7. The summed E-state index contributed by atoms with van der Waals surface area (Å²) in [6.07, 6.45) is 1.28. The molecular formula is C24H18ClNO7. The number of benzene rings is 2. The first-order chi connectivity index (χ1) is 15.8. The van der Waals surface area contributed by atoms with Crippen molar-refractivity contribution in [2.45, 2.75) is 5.41 Å². The number of halogens is 1. The minimum Gasteiger partial charge on any atom is -0.468 e. The summed E-state index contributed by atoms with van der Waals surface area (Å²) < 4.78 is 14.9. The van der Waals surface area contributed by atoms with Crippen LogP contribution in [0.15, 0.2) is 65.9 Å². The van der Waals surface area contributed by atoms with Crippen LogP contribution in [0.2, 0.25) is 5.02 Å². The van der Waals surface area contributed by atoms with E-state index in [1.54, 1.807) is 30.3 Å². The number of anilines is 1. The van der Waals surface area contributed by atoms with Gasteiger partial charge in [0.05, 0.1) is 32.7 Å². The Balaban J connectivity index is 2.14. The lowest BCUT2D eigenvalue weighted by Crippen LogP contribution is -2.48. The minimum absolute atomic E-state index is 0.0873. The maximum atomic E-state index is 13.5. The fraction of sp³-hybridized carbons (Fsp3) is 0.167. The van der Waals surface area contributed by atoms with E-state index in [0.29, 0.717) is 5.56 Å². The highest BCUT2D eigenvalue weighted by molar-refractivity contribution is 6.36. The van der Waals surface area contributed by atoms with Gasteiger partial charge in [-0.15, -0.1) is 0 Å². The van der Waals surface area contributed by atoms with Gasteiger partial charge in [0.15, 0.2) is 0 Å². The molecule has 0 bridgehead atoms. The van der Waals surface area contributed by atoms with Gasteiger partial charge in [0.1, 0.15) is 5.57 Å². The lowest BCUT2D eigenvalue weighted by molar-refractivity contribution is -0.159. The number of ether oxygens (including phenoxy) is 3. The topological polar surface area (TPSA) is 99.2 Å². The van der Waals surface area contributed by atoms with E-state index in [0.717, 1.165) is 21.3 Å².